The van der Waals surface area contributed by atoms with Gasteiger partial charge in [-0.15, -0.1) is 11.3 Å². The highest BCUT2D eigenvalue weighted by atomic mass is 32.1. The quantitative estimate of drug-likeness (QED) is 0.180. The normalized spacial score (nSPS) is 12.2. The van der Waals surface area contributed by atoms with E-state index in [2.05, 4.69) is 185 Å². The molecule has 0 radical (unpaired) electrons. The van der Waals surface area contributed by atoms with E-state index in [0.29, 0.717) is 0 Å². The Balaban J connectivity index is 1.25. The molecule has 0 saturated carbocycles. The van der Waals surface area contributed by atoms with Crippen molar-refractivity contribution in [2.75, 3.05) is 0 Å². The molecule has 0 spiro atoms. The molecule has 0 unspecified atom stereocenters. The summed E-state index contributed by atoms with van der Waals surface area (Å²) < 4.78 is 7.21. The highest BCUT2D eigenvalue weighted by molar-refractivity contribution is 7.26. The fourth-order valence-electron chi connectivity index (χ4n) is 9.36. The lowest BCUT2D eigenvalue weighted by Gasteiger charge is -2.11. The molecule has 0 N–H and O–H groups in total. The summed E-state index contributed by atoms with van der Waals surface area (Å²) in [5.74, 6) is 1.62. The Morgan fingerprint density at radius 1 is 0.386 bits per heavy atom. The van der Waals surface area contributed by atoms with Crippen molar-refractivity contribution in [3.05, 3.63) is 182 Å². The predicted molar refractivity (Wildman–Crippen MR) is 240 cm³/mol. The Hall–Kier alpha value is -7.34. The maximum Gasteiger partial charge on any atom is 0.162 e. The van der Waals surface area contributed by atoms with Crippen LogP contribution in [0.2, 0.25) is 0 Å². The SMILES string of the molecule is c1ccc(-c2ccc3c(c2)c2c4c5ccccc5n5c6ccc(-c7ccccc7)cc6c(cc2n3-c2nc(-c3ccccc3)nc3c2sc2ccccc23)c45)cc1. The number of aromatic nitrogens is 4. The maximum absolute atomic E-state index is 5.54. The van der Waals surface area contributed by atoms with Gasteiger partial charge in [0.15, 0.2) is 11.6 Å². The second kappa shape index (κ2) is 11.6. The minimum atomic E-state index is 0.720. The smallest absolute Gasteiger partial charge is 0.162 e. The van der Waals surface area contributed by atoms with Gasteiger partial charge < -0.3 is 4.40 Å². The minimum absolute atomic E-state index is 0.720. The molecule has 0 bridgehead atoms. The van der Waals surface area contributed by atoms with Crippen LogP contribution in [0.3, 0.4) is 0 Å². The number of hydrogen-bond donors (Lipinski definition) is 0. The summed E-state index contributed by atoms with van der Waals surface area (Å²) in [7, 11) is 0. The summed E-state index contributed by atoms with van der Waals surface area (Å²) in [5, 5.41) is 8.59. The average Bonchev–Trinajstić information content (AvgIpc) is 4.02. The number of benzene rings is 8. The van der Waals surface area contributed by atoms with Gasteiger partial charge in [-0.3, -0.25) is 4.57 Å². The Kier molecular flexibility index (Phi) is 6.29. The fraction of sp³-hybridized carbons (Fsp3) is 0. The molecule has 0 aliphatic carbocycles. The predicted octanol–water partition coefficient (Wildman–Crippen LogP) is 14.1. The van der Waals surface area contributed by atoms with Crippen LogP contribution < -0.4 is 0 Å². The molecular formula is C52H30N4S. The van der Waals surface area contributed by atoms with Crippen LogP contribution in [0.25, 0.3) is 120 Å². The van der Waals surface area contributed by atoms with Crippen LogP contribution in [0.5, 0.6) is 0 Å². The van der Waals surface area contributed by atoms with E-state index < -0.39 is 0 Å². The monoisotopic (exact) mass is 742 g/mol. The molecule has 5 heterocycles. The molecule has 4 nitrogen and oxygen atoms in total. The molecule has 13 rings (SSSR count). The van der Waals surface area contributed by atoms with Crippen molar-refractivity contribution in [2.24, 2.45) is 0 Å². The number of rotatable bonds is 4. The van der Waals surface area contributed by atoms with E-state index in [1.165, 1.54) is 75.8 Å². The van der Waals surface area contributed by atoms with Crippen molar-refractivity contribution in [2.45, 2.75) is 0 Å². The standard InChI is InChI=1S/C52H30N4S/c1-4-14-31(15-5-1)34-24-26-42-38(28-34)39-30-44-46(47-36-20-10-12-22-41(36)55(42)49(39)47)40-29-35(32-16-6-2-7-17-32)25-27-43(40)56(44)52-50-48(37-21-11-13-23-45(37)57-50)53-51(54-52)33-18-8-3-9-19-33/h1-30H. The van der Waals surface area contributed by atoms with Gasteiger partial charge in [0.05, 0.1) is 37.8 Å². The summed E-state index contributed by atoms with van der Waals surface area (Å²) in [6.07, 6.45) is 0. The van der Waals surface area contributed by atoms with Gasteiger partial charge in [-0.05, 0) is 64.7 Å². The third-order valence-corrected chi connectivity index (χ3v) is 13.0. The Labute approximate surface area is 330 Å². The second-order valence-electron chi connectivity index (χ2n) is 14.9. The number of nitrogens with zero attached hydrogens (tertiary/aromatic N) is 4. The van der Waals surface area contributed by atoms with Crippen molar-refractivity contribution in [1.29, 1.82) is 0 Å². The molecular weight excluding hydrogens is 713 g/mol. The van der Waals surface area contributed by atoms with Gasteiger partial charge in [0.2, 0.25) is 0 Å². The highest BCUT2D eigenvalue weighted by Crippen LogP contribution is 2.49. The number of para-hydroxylation sites is 1. The van der Waals surface area contributed by atoms with E-state index in [0.717, 1.165) is 43.8 Å². The Morgan fingerprint density at radius 2 is 0.982 bits per heavy atom. The van der Waals surface area contributed by atoms with Gasteiger partial charge in [0, 0.05) is 48.0 Å². The van der Waals surface area contributed by atoms with E-state index in [1.54, 1.807) is 11.3 Å². The average molecular weight is 743 g/mol. The molecule has 0 saturated heterocycles. The van der Waals surface area contributed by atoms with Crippen molar-refractivity contribution in [1.82, 2.24) is 18.9 Å². The number of hydrogen-bond acceptors (Lipinski definition) is 3. The summed E-state index contributed by atoms with van der Waals surface area (Å²) in [4.78, 5) is 10.8. The van der Waals surface area contributed by atoms with Crippen LogP contribution in [-0.2, 0) is 0 Å². The highest BCUT2D eigenvalue weighted by Gasteiger charge is 2.27. The lowest BCUT2D eigenvalue weighted by atomic mass is 9.98. The molecule has 0 atom stereocenters. The number of thiophene rings is 1. The van der Waals surface area contributed by atoms with Gasteiger partial charge in [-0.1, -0.05) is 140 Å². The van der Waals surface area contributed by atoms with Crippen LogP contribution >= 0.6 is 11.3 Å². The summed E-state index contributed by atoms with van der Waals surface area (Å²) in [6, 6.07) is 65.7. The van der Waals surface area contributed by atoms with Gasteiger partial charge in [0.1, 0.15) is 0 Å². The maximum atomic E-state index is 5.54. The Bertz CT molecular complexity index is 3730. The van der Waals surface area contributed by atoms with Crippen LogP contribution in [0.15, 0.2) is 182 Å². The van der Waals surface area contributed by atoms with Crippen molar-refractivity contribution in [3.8, 4) is 39.5 Å². The molecule has 0 aliphatic rings. The lowest BCUT2D eigenvalue weighted by molar-refractivity contribution is 1.08. The second-order valence-corrected chi connectivity index (χ2v) is 16.0. The van der Waals surface area contributed by atoms with Gasteiger partial charge in [0.25, 0.3) is 0 Å². The molecule has 5 aromatic heterocycles. The van der Waals surface area contributed by atoms with E-state index in [9.17, 15) is 0 Å². The van der Waals surface area contributed by atoms with E-state index in [1.807, 2.05) is 6.07 Å². The fourth-order valence-corrected chi connectivity index (χ4v) is 10.5. The third-order valence-electron chi connectivity index (χ3n) is 11.9. The van der Waals surface area contributed by atoms with Crippen molar-refractivity contribution in [3.63, 3.8) is 0 Å². The van der Waals surface area contributed by atoms with E-state index >= 15 is 0 Å². The zero-order chi connectivity index (χ0) is 37.2. The lowest BCUT2D eigenvalue weighted by Crippen LogP contribution is -2.01. The molecule has 13 aromatic rings. The first-order valence-corrected chi connectivity index (χ1v) is 20.2. The minimum Gasteiger partial charge on any atom is -0.308 e. The zero-order valence-electron chi connectivity index (χ0n) is 30.5. The molecule has 5 heteroatoms. The van der Waals surface area contributed by atoms with Crippen LogP contribution in [0.1, 0.15) is 0 Å². The molecule has 0 aliphatic heterocycles. The first-order chi connectivity index (χ1) is 28.3. The van der Waals surface area contributed by atoms with E-state index in [4.69, 9.17) is 9.97 Å². The molecule has 264 valence electrons. The molecule has 0 amide bonds. The molecule has 0 fully saturated rings. The zero-order valence-corrected chi connectivity index (χ0v) is 31.3. The van der Waals surface area contributed by atoms with Gasteiger partial charge in [-0.2, -0.15) is 0 Å². The third kappa shape index (κ3) is 4.32. The van der Waals surface area contributed by atoms with Crippen molar-refractivity contribution < 1.29 is 0 Å². The largest absolute Gasteiger partial charge is 0.308 e. The van der Waals surface area contributed by atoms with Crippen LogP contribution in [0.4, 0.5) is 0 Å². The topological polar surface area (TPSA) is 35.1 Å². The van der Waals surface area contributed by atoms with Crippen LogP contribution in [-0.4, -0.2) is 18.9 Å². The van der Waals surface area contributed by atoms with E-state index in [-0.39, 0.29) is 0 Å². The van der Waals surface area contributed by atoms with Gasteiger partial charge >= 0.3 is 0 Å². The molecule has 8 aromatic carbocycles. The first-order valence-electron chi connectivity index (χ1n) is 19.3. The van der Waals surface area contributed by atoms with Crippen molar-refractivity contribution >= 4 is 91.5 Å². The summed E-state index contributed by atoms with van der Waals surface area (Å²) in [5.41, 5.74) is 12.7. The number of fused-ring (bicyclic) bond motifs is 13. The van der Waals surface area contributed by atoms with Gasteiger partial charge in [-0.25, -0.2) is 9.97 Å². The molecule has 57 heavy (non-hydrogen) atoms. The summed E-state index contributed by atoms with van der Waals surface area (Å²) >= 11 is 1.77. The Morgan fingerprint density at radius 3 is 1.72 bits per heavy atom. The summed E-state index contributed by atoms with van der Waals surface area (Å²) in [6.45, 7) is 0. The first kappa shape index (κ1) is 30.9. The van der Waals surface area contributed by atoms with Crippen LogP contribution in [0, 0.1) is 0 Å².